The molecule has 114 valence electrons. The number of benzene rings is 2. The number of carbonyl (C=O) groups is 1. The van der Waals surface area contributed by atoms with Gasteiger partial charge < -0.3 is 16.4 Å². The summed E-state index contributed by atoms with van der Waals surface area (Å²) in [5, 5.41) is 6.01. The maximum Gasteiger partial charge on any atom is 0.278 e. The Morgan fingerprint density at radius 1 is 0.826 bits per heavy atom. The van der Waals surface area contributed by atoms with Gasteiger partial charge in [-0.3, -0.25) is 4.79 Å². The molecule has 6 nitrogen and oxygen atoms in total. The predicted octanol–water partition coefficient (Wildman–Crippen LogP) is 3.05. The first-order valence-electron chi connectivity index (χ1n) is 7.02. The van der Waals surface area contributed by atoms with Gasteiger partial charge in [-0.2, -0.15) is 0 Å². The number of hydrogen-bond donors (Lipinski definition) is 3. The van der Waals surface area contributed by atoms with Gasteiger partial charge in [0.1, 0.15) is 0 Å². The summed E-state index contributed by atoms with van der Waals surface area (Å²) < 4.78 is 0. The summed E-state index contributed by atoms with van der Waals surface area (Å²) >= 11 is 0. The highest BCUT2D eigenvalue weighted by atomic mass is 16.1. The average Bonchev–Trinajstić information content (AvgIpc) is 2.58. The fourth-order valence-electron chi connectivity index (χ4n) is 2.04. The van der Waals surface area contributed by atoms with Crippen molar-refractivity contribution in [3.8, 4) is 0 Å². The van der Waals surface area contributed by atoms with Gasteiger partial charge in [0.2, 0.25) is 0 Å². The number of anilines is 4. The number of amides is 1. The monoisotopic (exact) mass is 305 g/mol. The highest BCUT2D eigenvalue weighted by Crippen LogP contribution is 2.19. The van der Waals surface area contributed by atoms with E-state index in [4.69, 9.17) is 5.73 Å². The van der Waals surface area contributed by atoms with Crippen LogP contribution in [0.5, 0.6) is 0 Å². The van der Waals surface area contributed by atoms with Crippen LogP contribution < -0.4 is 16.4 Å². The van der Waals surface area contributed by atoms with Gasteiger partial charge in [-0.05, 0) is 36.4 Å². The third kappa shape index (κ3) is 3.62. The van der Waals surface area contributed by atoms with Crippen molar-refractivity contribution in [3.05, 3.63) is 72.7 Å². The maximum atomic E-state index is 12.1. The second-order valence-corrected chi connectivity index (χ2v) is 4.81. The van der Waals surface area contributed by atoms with Crippen LogP contribution in [0.2, 0.25) is 0 Å². The van der Waals surface area contributed by atoms with Gasteiger partial charge in [-0.15, -0.1) is 0 Å². The summed E-state index contributed by atoms with van der Waals surface area (Å²) in [6.07, 6.45) is 2.87. The van der Waals surface area contributed by atoms with Crippen LogP contribution in [0.4, 0.5) is 22.9 Å². The van der Waals surface area contributed by atoms with Crippen LogP contribution in [0.25, 0.3) is 0 Å². The zero-order valence-electron chi connectivity index (χ0n) is 12.2. The Morgan fingerprint density at radius 3 is 2.13 bits per heavy atom. The molecule has 0 aliphatic rings. The number of nitrogen functional groups attached to an aromatic ring is 1. The molecule has 3 rings (SSSR count). The standard InChI is InChI=1S/C17H15N5O/c18-16-15(19-10-11-20-16)17(23)22-14-8-6-13(7-9-14)21-12-4-2-1-3-5-12/h1-11,21H,(H2,18,20)(H,22,23). The molecule has 1 heterocycles. The number of carbonyl (C=O) groups excluding carboxylic acids is 1. The minimum Gasteiger partial charge on any atom is -0.382 e. The molecule has 0 saturated carbocycles. The number of nitrogens with one attached hydrogen (secondary N) is 2. The van der Waals surface area contributed by atoms with Crippen molar-refractivity contribution in [2.75, 3.05) is 16.4 Å². The number of hydrogen-bond acceptors (Lipinski definition) is 5. The van der Waals surface area contributed by atoms with E-state index in [2.05, 4.69) is 20.6 Å². The molecule has 0 aliphatic heterocycles. The topological polar surface area (TPSA) is 92.9 Å². The SMILES string of the molecule is Nc1nccnc1C(=O)Nc1ccc(Nc2ccccc2)cc1. The van der Waals surface area contributed by atoms with E-state index in [0.29, 0.717) is 5.69 Å². The maximum absolute atomic E-state index is 12.1. The number of rotatable bonds is 4. The Labute approximate surface area is 133 Å². The van der Waals surface area contributed by atoms with Crippen molar-refractivity contribution in [2.24, 2.45) is 0 Å². The van der Waals surface area contributed by atoms with Gasteiger partial charge in [-0.25, -0.2) is 9.97 Å². The van der Waals surface area contributed by atoms with Crippen molar-refractivity contribution in [3.63, 3.8) is 0 Å². The van der Waals surface area contributed by atoms with Gasteiger partial charge in [-0.1, -0.05) is 18.2 Å². The molecule has 0 bridgehead atoms. The molecule has 0 spiro atoms. The van der Waals surface area contributed by atoms with Crippen molar-refractivity contribution < 1.29 is 4.79 Å². The van der Waals surface area contributed by atoms with E-state index in [-0.39, 0.29) is 17.4 Å². The fourth-order valence-corrected chi connectivity index (χ4v) is 2.04. The van der Waals surface area contributed by atoms with E-state index in [0.717, 1.165) is 11.4 Å². The third-order valence-corrected chi connectivity index (χ3v) is 3.15. The quantitative estimate of drug-likeness (QED) is 0.689. The lowest BCUT2D eigenvalue weighted by atomic mass is 10.2. The van der Waals surface area contributed by atoms with Gasteiger partial charge in [0.05, 0.1) is 0 Å². The Balaban J connectivity index is 1.68. The highest BCUT2D eigenvalue weighted by Gasteiger charge is 2.11. The molecule has 1 amide bonds. The summed E-state index contributed by atoms with van der Waals surface area (Å²) in [6.45, 7) is 0. The predicted molar refractivity (Wildman–Crippen MR) is 90.6 cm³/mol. The molecule has 0 radical (unpaired) electrons. The zero-order valence-corrected chi connectivity index (χ0v) is 12.2. The van der Waals surface area contributed by atoms with Gasteiger partial charge in [0, 0.05) is 29.5 Å². The molecule has 0 aliphatic carbocycles. The number of nitrogens with two attached hydrogens (primary N) is 1. The first kappa shape index (κ1) is 14.5. The van der Waals surface area contributed by atoms with Crippen molar-refractivity contribution in [1.82, 2.24) is 9.97 Å². The molecule has 1 aromatic heterocycles. The Morgan fingerprint density at radius 2 is 1.43 bits per heavy atom. The van der Waals surface area contributed by atoms with Crippen LogP contribution in [0.3, 0.4) is 0 Å². The van der Waals surface area contributed by atoms with Crippen molar-refractivity contribution in [1.29, 1.82) is 0 Å². The van der Waals surface area contributed by atoms with Gasteiger partial charge >= 0.3 is 0 Å². The van der Waals surface area contributed by atoms with E-state index in [1.807, 2.05) is 42.5 Å². The van der Waals surface area contributed by atoms with E-state index in [1.165, 1.54) is 12.4 Å². The summed E-state index contributed by atoms with van der Waals surface area (Å²) in [5.41, 5.74) is 8.32. The number of para-hydroxylation sites is 1. The molecule has 2 aromatic carbocycles. The second-order valence-electron chi connectivity index (χ2n) is 4.81. The number of nitrogens with zero attached hydrogens (tertiary/aromatic N) is 2. The van der Waals surface area contributed by atoms with E-state index in [1.54, 1.807) is 12.1 Å². The third-order valence-electron chi connectivity index (χ3n) is 3.15. The molecular formula is C17H15N5O. The van der Waals surface area contributed by atoms with E-state index < -0.39 is 0 Å². The van der Waals surface area contributed by atoms with E-state index in [9.17, 15) is 4.79 Å². The molecule has 23 heavy (non-hydrogen) atoms. The fraction of sp³-hybridized carbons (Fsp3) is 0. The zero-order chi connectivity index (χ0) is 16.1. The number of aromatic nitrogens is 2. The lowest BCUT2D eigenvalue weighted by molar-refractivity contribution is 0.102. The molecule has 0 fully saturated rings. The minimum absolute atomic E-state index is 0.104. The summed E-state index contributed by atoms with van der Waals surface area (Å²) in [7, 11) is 0. The van der Waals surface area contributed by atoms with Crippen LogP contribution >= 0.6 is 0 Å². The van der Waals surface area contributed by atoms with Crippen molar-refractivity contribution >= 4 is 28.8 Å². The Bertz CT molecular complexity index is 803. The molecular weight excluding hydrogens is 290 g/mol. The van der Waals surface area contributed by atoms with Crippen LogP contribution in [-0.4, -0.2) is 15.9 Å². The van der Waals surface area contributed by atoms with Gasteiger partial charge in [0.15, 0.2) is 11.5 Å². The molecule has 0 saturated heterocycles. The molecule has 4 N–H and O–H groups in total. The molecule has 0 atom stereocenters. The highest BCUT2D eigenvalue weighted by molar-refractivity contribution is 6.05. The first-order chi connectivity index (χ1) is 11.2. The lowest BCUT2D eigenvalue weighted by Gasteiger charge is -2.09. The lowest BCUT2D eigenvalue weighted by Crippen LogP contribution is -2.16. The van der Waals surface area contributed by atoms with Crippen LogP contribution in [-0.2, 0) is 0 Å². The van der Waals surface area contributed by atoms with Gasteiger partial charge in [0.25, 0.3) is 5.91 Å². The van der Waals surface area contributed by atoms with E-state index >= 15 is 0 Å². The summed E-state index contributed by atoms with van der Waals surface area (Å²) in [4.78, 5) is 19.9. The van der Waals surface area contributed by atoms with Crippen LogP contribution in [0, 0.1) is 0 Å². The first-order valence-corrected chi connectivity index (χ1v) is 7.02. The Kier molecular flexibility index (Phi) is 4.15. The molecule has 6 heteroatoms. The van der Waals surface area contributed by atoms with Crippen LogP contribution in [0.15, 0.2) is 67.0 Å². The average molecular weight is 305 g/mol. The minimum atomic E-state index is -0.389. The molecule has 0 unspecified atom stereocenters. The summed E-state index contributed by atoms with van der Waals surface area (Å²) in [5.74, 6) is -0.285. The normalized spacial score (nSPS) is 10.1. The van der Waals surface area contributed by atoms with Crippen molar-refractivity contribution in [2.45, 2.75) is 0 Å². The summed E-state index contributed by atoms with van der Waals surface area (Å²) in [6, 6.07) is 17.2. The smallest absolute Gasteiger partial charge is 0.278 e. The largest absolute Gasteiger partial charge is 0.382 e. The Hall–Kier alpha value is -3.41. The molecule has 3 aromatic rings. The second kappa shape index (κ2) is 6.57. The van der Waals surface area contributed by atoms with Crippen LogP contribution in [0.1, 0.15) is 10.5 Å².